The molecule has 10 nitrogen and oxygen atoms in total. The molecule has 11 heteroatoms. The maximum absolute atomic E-state index is 15.3. The van der Waals surface area contributed by atoms with Crippen molar-refractivity contribution in [2.45, 2.75) is 20.0 Å². The lowest BCUT2D eigenvalue weighted by atomic mass is 9.97. The lowest BCUT2D eigenvalue weighted by Crippen LogP contribution is -2.27. The maximum Gasteiger partial charge on any atom is 0.413 e. The van der Waals surface area contributed by atoms with Gasteiger partial charge >= 0.3 is 6.09 Å². The summed E-state index contributed by atoms with van der Waals surface area (Å²) in [5.41, 5.74) is 7.59. The standard InChI is InChI=1S/C23H22FN5O5/c1-10-7-32-8-16(10)34-23(31)28-17-4-12-3-13(19(24)20(25)15(12)6-26-17)14-5-27-22-21(11(14)2)29-18(30)9-33-22/h3-6,10,16H,7-9,25H2,1-2H3,(H,29,30)(H,26,28,31)/t10-,16-/m1/s1. The van der Waals surface area contributed by atoms with Crippen LogP contribution >= 0.6 is 0 Å². The number of carbonyl (C=O) groups is 2. The Morgan fingerprint density at radius 3 is 2.85 bits per heavy atom. The fourth-order valence-corrected chi connectivity index (χ4v) is 4.04. The second kappa shape index (κ2) is 8.41. The number of nitrogens with two attached hydrogens (primary N) is 1. The molecule has 0 aliphatic carbocycles. The van der Waals surface area contributed by atoms with E-state index >= 15 is 4.39 Å². The van der Waals surface area contributed by atoms with Crippen molar-refractivity contribution in [1.29, 1.82) is 0 Å². The van der Waals surface area contributed by atoms with Crippen LogP contribution in [0.15, 0.2) is 24.5 Å². The molecule has 34 heavy (non-hydrogen) atoms. The minimum Gasteiger partial charge on any atom is -0.466 e. The van der Waals surface area contributed by atoms with E-state index in [9.17, 15) is 9.59 Å². The smallest absolute Gasteiger partial charge is 0.413 e. The summed E-state index contributed by atoms with van der Waals surface area (Å²) < 4.78 is 31.3. The highest BCUT2D eigenvalue weighted by Gasteiger charge is 2.28. The van der Waals surface area contributed by atoms with Gasteiger partial charge in [0.15, 0.2) is 12.4 Å². The first-order valence-electron chi connectivity index (χ1n) is 10.7. The number of pyridine rings is 2. The first-order chi connectivity index (χ1) is 16.3. The third-order valence-electron chi connectivity index (χ3n) is 5.98. The van der Waals surface area contributed by atoms with Gasteiger partial charge in [-0.3, -0.25) is 10.1 Å². The molecule has 3 aromatic rings. The molecule has 2 aromatic heterocycles. The van der Waals surface area contributed by atoms with Gasteiger partial charge in [-0.25, -0.2) is 19.2 Å². The topological polar surface area (TPSA) is 138 Å². The van der Waals surface area contributed by atoms with Gasteiger partial charge in [0.25, 0.3) is 5.91 Å². The van der Waals surface area contributed by atoms with Gasteiger partial charge < -0.3 is 25.3 Å². The van der Waals surface area contributed by atoms with E-state index in [2.05, 4.69) is 20.6 Å². The van der Waals surface area contributed by atoms with Crippen molar-refractivity contribution in [3.05, 3.63) is 35.9 Å². The number of carbonyl (C=O) groups excluding carboxylic acids is 2. The molecular weight excluding hydrogens is 445 g/mol. The number of fused-ring (bicyclic) bond motifs is 2. The summed E-state index contributed by atoms with van der Waals surface area (Å²) in [7, 11) is 0. The van der Waals surface area contributed by atoms with Crippen LogP contribution < -0.4 is 21.1 Å². The molecule has 4 heterocycles. The number of halogens is 1. The molecule has 2 amide bonds. The Labute approximate surface area is 193 Å². The first kappa shape index (κ1) is 21.8. The summed E-state index contributed by atoms with van der Waals surface area (Å²) >= 11 is 0. The quantitative estimate of drug-likeness (QED) is 0.499. The number of benzene rings is 1. The largest absolute Gasteiger partial charge is 0.466 e. The van der Waals surface area contributed by atoms with E-state index in [0.717, 1.165) is 0 Å². The zero-order valence-corrected chi connectivity index (χ0v) is 18.5. The van der Waals surface area contributed by atoms with Gasteiger partial charge in [0.05, 0.1) is 18.9 Å². The highest BCUT2D eigenvalue weighted by Crippen LogP contribution is 2.39. The molecule has 1 fully saturated rings. The predicted molar refractivity (Wildman–Crippen MR) is 122 cm³/mol. The van der Waals surface area contributed by atoms with Crippen molar-refractivity contribution in [2.75, 3.05) is 36.2 Å². The van der Waals surface area contributed by atoms with Gasteiger partial charge in [-0.2, -0.15) is 0 Å². The average Bonchev–Trinajstić information content (AvgIpc) is 3.21. The summed E-state index contributed by atoms with van der Waals surface area (Å²) in [5.74, 6) is -0.365. The normalized spacial score (nSPS) is 19.3. The number of rotatable bonds is 3. The van der Waals surface area contributed by atoms with Crippen molar-refractivity contribution >= 4 is 40.0 Å². The second-order valence-electron chi connectivity index (χ2n) is 8.34. The van der Waals surface area contributed by atoms with Crippen LogP contribution in [0, 0.1) is 18.7 Å². The highest BCUT2D eigenvalue weighted by atomic mass is 19.1. The second-order valence-corrected chi connectivity index (χ2v) is 8.34. The monoisotopic (exact) mass is 467 g/mol. The number of nitrogens with zero attached hydrogens (tertiary/aromatic N) is 2. The summed E-state index contributed by atoms with van der Waals surface area (Å²) in [6, 6.07) is 3.17. The van der Waals surface area contributed by atoms with Gasteiger partial charge in [-0.15, -0.1) is 0 Å². The van der Waals surface area contributed by atoms with Crippen molar-refractivity contribution in [2.24, 2.45) is 5.92 Å². The summed E-state index contributed by atoms with van der Waals surface area (Å²) in [4.78, 5) is 32.4. The van der Waals surface area contributed by atoms with E-state index in [1.165, 1.54) is 12.4 Å². The molecule has 2 aliphatic rings. The van der Waals surface area contributed by atoms with Crippen LogP contribution in [-0.2, 0) is 14.3 Å². The Kier molecular flexibility index (Phi) is 5.40. The van der Waals surface area contributed by atoms with Crippen LogP contribution in [0.4, 0.5) is 26.4 Å². The summed E-state index contributed by atoms with van der Waals surface area (Å²) in [5, 5.41) is 6.24. The van der Waals surface area contributed by atoms with Gasteiger partial charge in [-0.1, -0.05) is 6.92 Å². The van der Waals surface area contributed by atoms with Crippen molar-refractivity contribution in [3.63, 3.8) is 0 Å². The van der Waals surface area contributed by atoms with E-state index in [1.54, 1.807) is 19.1 Å². The summed E-state index contributed by atoms with van der Waals surface area (Å²) in [6.07, 6.45) is 1.87. The van der Waals surface area contributed by atoms with E-state index in [-0.39, 0.29) is 47.5 Å². The van der Waals surface area contributed by atoms with Crippen LogP contribution in [0.2, 0.25) is 0 Å². The third-order valence-corrected chi connectivity index (χ3v) is 5.98. The van der Waals surface area contributed by atoms with E-state index in [0.29, 0.717) is 40.8 Å². The Hall–Kier alpha value is -3.99. The molecule has 4 N–H and O–H groups in total. The zero-order valence-electron chi connectivity index (χ0n) is 18.5. The number of anilines is 3. The van der Waals surface area contributed by atoms with E-state index in [1.807, 2.05) is 6.92 Å². The molecule has 2 aliphatic heterocycles. The molecule has 1 aromatic carbocycles. The van der Waals surface area contributed by atoms with Crippen molar-refractivity contribution < 1.29 is 28.2 Å². The van der Waals surface area contributed by atoms with E-state index in [4.69, 9.17) is 19.9 Å². The van der Waals surface area contributed by atoms with Gasteiger partial charge in [0.1, 0.15) is 17.6 Å². The minimum atomic E-state index is -0.657. The molecule has 2 atom stereocenters. The molecule has 0 radical (unpaired) electrons. The predicted octanol–water partition coefficient (Wildman–Crippen LogP) is 3.24. The SMILES string of the molecule is Cc1c(-c2cc3cc(NC(=O)O[C@@H]4COC[C@H]4C)ncc3c(N)c2F)cnc2c1NC(=O)CO2. The number of hydrogen-bond donors (Lipinski definition) is 3. The van der Waals surface area contributed by atoms with Crippen LogP contribution in [0.5, 0.6) is 5.88 Å². The number of nitrogen functional groups attached to an aromatic ring is 1. The van der Waals surface area contributed by atoms with Gasteiger partial charge in [0, 0.05) is 34.8 Å². The number of amides is 2. The molecule has 0 spiro atoms. The fourth-order valence-electron chi connectivity index (χ4n) is 4.04. The van der Waals surface area contributed by atoms with Crippen molar-refractivity contribution in [1.82, 2.24) is 9.97 Å². The fraction of sp³-hybridized carbons (Fsp3) is 0.304. The van der Waals surface area contributed by atoms with Crippen molar-refractivity contribution in [3.8, 4) is 17.0 Å². The zero-order chi connectivity index (χ0) is 24.0. The molecule has 0 saturated carbocycles. The molecule has 5 rings (SSSR count). The lowest BCUT2D eigenvalue weighted by molar-refractivity contribution is -0.118. The molecule has 0 unspecified atom stereocenters. The molecule has 0 bridgehead atoms. The Morgan fingerprint density at radius 1 is 1.26 bits per heavy atom. The van der Waals surface area contributed by atoms with Crippen LogP contribution in [0.3, 0.4) is 0 Å². The highest BCUT2D eigenvalue weighted by molar-refractivity contribution is 6.01. The van der Waals surface area contributed by atoms with E-state index < -0.39 is 11.9 Å². The minimum absolute atomic E-state index is 0.0940. The number of hydrogen-bond acceptors (Lipinski definition) is 8. The van der Waals surface area contributed by atoms with Gasteiger partial charge in [0.2, 0.25) is 5.88 Å². The number of ether oxygens (including phenoxy) is 3. The maximum atomic E-state index is 15.3. The molecule has 1 saturated heterocycles. The number of aromatic nitrogens is 2. The Morgan fingerprint density at radius 2 is 2.09 bits per heavy atom. The van der Waals surface area contributed by atoms with Gasteiger partial charge in [-0.05, 0) is 30.0 Å². The number of nitrogens with one attached hydrogen (secondary N) is 2. The molecular formula is C23H22FN5O5. The summed E-state index contributed by atoms with van der Waals surface area (Å²) in [6.45, 7) is 4.42. The first-order valence-corrected chi connectivity index (χ1v) is 10.7. The Bertz CT molecular complexity index is 1330. The van der Waals surface area contributed by atoms with Crippen LogP contribution in [-0.4, -0.2) is 47.9 Å². The third kappa shape index (κ3) is 3.83. The Balaban J connectivity index is 1.49. The molecule has 176 valence electrons. The van der Waals surface area contributed by atoms with Crippen LogP contribution in [0.1, 0.15) is 12.5 Å². The average molecular weight is 467 g/mol. The lowest BCUT2D eigenvalue weighted by Gasteiger charge is -2.21. The van der Waals surface area contributed by atoms with Crippen LogP contribution in [0.25, 0.3) is 21.9 Å².